The summed E-state index contributed by atoms with van der Waals surface area (Å²) in [6.45, 7) is 7.56. The van der Waals surface area contributed by atoms with Crippen LogP contribution in [0.25, 0.3) is 11.5 Å². The Labute approximate surface area is 189 Å². The molecule has 0 bridgehead atoms. The second-order valence-electron chi connectivity index (χ2n) is 6.89. The van der Waals surface area contributed by atoms with Crippen LogP contribution in [0.3, 0.4) is 0 Å². The number of guanidine groups is 1. The zero-order chi connectivity index (χ0) is 20.1. The summed E-state index contributed by atoms with van der Waals surface area (Å²) in [5.41, 5.74) is 6.52. The van der Waals surface area contributed by atoms with E-state index in [9.17, 15) is 0 Å². The number of aryl methyl sites for hydroxylation is 3. The van der Waals surface area contributed by atoms with Crippen LogP contribution >= 0.6 is 24.0 Å². The molecule has 2 aromatic heterocycles. The molecule has 0 aliphatic rings. The van der Waals surface area contributed by atoms with Gasteiger partial charge in [-0.1, -0.05) is 17.7 Å². The maximum atomic E-state index is 5.61. The summed E-state index contributed by atoms with van der Waals surface area (Å²) >= 11 is 0. The molecule has 3 aromatic rings. The lowest BCUT2D eigenvalue weighted by Gasteiger charge is -2.11. The molecule has 0 aliphatic carbocycles. The molecule has 0 saturated heterocycles. The van der Waals surface area contributed by atoms with Crippen LogP contribution in [0.4, 0.5) is 0 Å². The van der Waals surface area contributed by atoms with Crippen LogP contribution < -0.4 is 10.6 Å². The predicted molar refractivity (Wildman–Crippen MR) is 127 cm³/mol. The Morgan fingerprint density at radius 2 is 1.86 bits per heavy atom. The Morgan fingerprint density at radius 3 is 2.48 bits per heavy atom. The van der Waals surface area contributed by atoms with Gasteiger partial charge in [0.1, 0.15) is 6.26 Å². The maximum Gasteiger partial charge on any atom is 0.226 e. The Hall–Kier alpha value is -2.36. The first-order valence-corrected chi connectivity index (χ1v) is 9.43. The van der Waals surface area contributed by atoms with Crippen molar-refractivity contribution in [3.8, 4) is 11.5 Å². The molecular weight excluding hydrogens is 479 g/mol. The molecule has 1 aromatic carbocycles. The predicted octanol–water partition coefficient (Wildman–Crippen LogP) is 3.53. The summed E-state index contributed by atoms with van der Waals surface area (Å²) in [5.74, 6) is 1.41. The molecule has 0 fully saturated rings. The van der Waals surface area contributed by atoms with Gasteiger partial charge in [0.05, 0.1) is 11.4 Å². The Kier molecular flexibility index (Phi) is 8.24. The minimum Gasteiger partial charge on any atom is -0.444 e. The fourth-order valence-corrected chi connectivity index (χ4v) is 3.03. The van der Waals surface area contributed by atoms with Gasteiger partial charge in [-0.05, 0) is 32.9 Å². The van der Waals surface area contributed by atoms with Crippen LogP contribution in [0.5, 0.6) is 0 Å². The number of oxazole rings is 1. The van der Waals surface area contributed by atoms with Gasteiger partial charge in [-0.2, -0.15) is 5.10 Å². The highest BCUT2D eigenvalue weighted by molar-refractivity contribution is 14.0. The number of hydrogen-bond acceptors (Lipinski definition) is 4. The van der Waals surface area contributed by atoms with E-state index in [1.807, 2.05) is 30.8 Å². The maximum absolute atomic E-state index is 5.61. The lowest BCUT2D eigenvalue weighted by Crippen LogP contribution is -2.38. The Balaban J connectivity index is 0.00000300. The average molecular weight is 508 g/mol. The van der Waals surface area contributed by atoms with E-state index in [1.165, 1.54) is 11.1 Å². The number of aromatic nitrogens is 3. The highest BCUT2D eigenvalue weighted by Crippen LogP contribution is 2.19. The average Bonchev–Trinajstić information content (AvgIpc) is 3.24. The zero-order valence-corrected chi connectivity index (χ0v) is 19.9. The molecule has 8 heteroatoms. The molecule has 156 valence electrons. The van der Waals surface area contributed by atoms with E-state index < -0.39 is 0 Å². The molecule has 0 unspecified atom stereocenters. The van der Waals surface area contributed by atoms with Crippen LogP contribution in [0.2, 0.25) is 0 Å². The molecule has 7 nitrogen and oxygen atoms in total. The van der Waals surface area contributed by atoms with E-state index in [0.29, 0.717) is 19.0 Å². The number of hydrogen-bond donors (Lipinski definition) is 2. The SMILES string of the molecule is CN=C(NCCc1coc(-c2ccc(C)cc2)n1)NCc1c(C)nn(C)c1C.I. The molecule has 3 rings (SSSR count). The van der Waals surface area contributed by atoms with Crippen molar-refractivity contribution < 1.29 is 4.42 Å². The van der Waals surface area contributed by atoms with Gasteiger partial charge in [0.2, 0.25) is 5.89 Å². The van der Waals surface area contributed by atoms with E-state index in [0.717, 1.165) is 35.0 Å². The second kappa shape index (κ2) is 10.4. The highest BCUT2D eigenvalue weighted by Gasteiger charge is 2.10. The molecule has 0 spiro atoms. The molecule has 0 radical (unpaired) electrons. The number of nitrogens with one attached hydrogen (secondary N) is 2. The Bertz CT molecular complexity index is 958. The van der Waals surface area contributed by atoms with Gasteiger partial charge in [-0.25, -0.2) is 4.98 Å². The molecule has 2 heterocycles. The molecule has 2 N–H and O–H groups in total. The van der Waals surface area contributed by atoms with E-state index >= 15 is 0 Å². The first kappa shape index (κ1) is 22.9. The van der Waals surface area contributed by atoms with E-state index in [2.05, 4.69) is 51.7 Å². The quantitative estimate of drug-likeness (QED) is 0.303. The molecule has 0 aliphatic heterocycles. The third kappa shape index (κ3) is 5.81. The topological polar surface area (TPSA) is 80.3 Å². The third-order valence-corrected chi connectivity index (χ3v) is 4.84. The minimum absolute atomic E-state index is 0. The van der Waals surface area contributed by atoms with Crippen molar-refractivity contribution in [2.45, 2.75) is 33.7 Å². The Morgan fingerprint density at radius 1 is 1.14 bits per heavy atom. The summed E-state index contributed by atoms with van der Waals surface area (Å²) in [6, 6.07) is 8.17. The van der Waals surface area contributed by atoms with Crippen molar-refractivity contribution in [2.75, 3.05) is 13.6 Å². The van der Waals surface area contributed by atoms with Crippen LogP contribution in [-0.2, 0) is 20.0 Å². The summed E-state index contributed by atoms with van der Waals surface area (Å²) < 4.78 is 7.52. The van der Waals surface area contributed by atoms with Crippen LogP contribution in [-0.4, -0.2) is 34.3 Å². The molecule has 0 saturated carbocycles. The fraction of sp³-hybridized carbons (Fsp3) is 0.381. The third-order valence-electron chi connectivity index (χ3n) is 4.84. The van der Waals surface area contributed by atoms with Gasteiger partial charge < -0.3 is 15.1 Å². The number of halogens is 1. The first-order chi connectivity index (χ1) is 13.5. The zero-order valence-electron chi connectivity index (χ0n) is 17.6. The highest BCUT2D eigenvalue weighted by atomic mass is 127. The summed E-state index contributed by atoms with van der Waals surface area (Å²) in [7, 11) is 3.73. The lowest BCUT2D eigenvalue weighted by atomic mass is 10.1. The molecule has 0 amide bonds. The van der Waals surface area contributed by atoms with Crippen LogP contribution in [0, 0.1) is 20.8 Å². The first-order valence-electron chi connectivity index (χ1n) is 9.43. The summed E-state index contributed by atoms with van der Waals surface area (Å²) in [5, 5.41) is 11.1. The number of nitrogens with zero attached hydrogens (tertiary/aromatic N) is 4. The van der Waals surface area contributed by atoms with Crippen molar-refractivity contribution in [1.82, 2.24) is 25.4 Å². The van der Waals surface area contributed by atoms with E-state index in [1.54, 1.807) is 13.3 Å². The summed E-state index contributed by atoms with van der Waals surface area (Å²) in [4.78, 5) is 8.86. The van der Waals surface area contributed by atoms with Crippen molar-refractivity contribution in [3.05, 3.63) is 58.7 Å². The van der Waals surface area contributed by atoms with Gasteiger partial charge in [-0.3, -0.25) is 9.67 Å². The fourth-order valence-electron chi connectivity index (χ4n) is 3.03. The van der Waals surface area contributed by atoms with Gasteiger partial charge in [0.25, 0.3) is 0 Å². The number of aliphatic imine (C=N–C) groups is 1. The van der Waals surface area contributed by atoms with Gasteiger partial charge >= 0.3 is 0 Å². The monoisotopic (exact) mass is 508 g/mol. The van der Waals surface area contributed by atoms with Crippen LogP contribution in [0.15, 0.2) is 39.9 Å². The van der Waals surface area contributed by atoms with Gasteiger partial charge in [0, 0.05) is 50.4 Å². The largest absolute Gasteiger partial charge is 0.444 e. The van der Waals surface area contributed by atoms with Crippen molar-refractivity contribution >= 4 is 29.9 Å². The van der Waals surface area contributed by atoms with Crippen LogP contribution in [0.1, 0.15) is 28.2 Å². The smallest absolute Gasteiger partial charge is 0.226 e. The van der Waals surface area contributed by atoms with E-state index in [-0.39, 0.29) is 24.0 Å². The molecular formula is C21H29IN6O. The second-order valence-corrected chi connectivity index (χ2v) is 6.89. The number of benzene rings is 1. The number of rotatable bonds is 6. The van der Waals surface area contributed by atoms with Gasteiger partial charge in [-0.15, -0.1) is 24.0 Å². The molecule has 29 heavy (non-hydrogen) atoms. The standard InChI is InChI=1S/C21H28N6O.HI/c1-14-6-8-17(9-7-14)20-25-18(13-28-20)10-11-23-21(22-4)24-12-19-15(2)26-27(5)16(19)3;/h6-9,13H,10-12H2,1-5H3,(H2,22,23,24);1H. The minimum atomic E-state index is 0. The van der Waals surface area contributed by atoms with Gasteiger partial charge in [0.15, 0.2) is 5.96 Å². The summed E-state index contributed by atoms with van der Waals surface area (Å²) in [6.07, 6.45) is 2.47. The normalized spacial score (nSPS) is 11.3. The van der Waals surface area contributed by atoms with E-state index in [4.69, 9.17) is 4.42 Å². The van der Waals surface area contributed by atoms with Crippen molar-refractivity contribution in [2.24, 2.45) is 12.0 Å². The van der Waals surface area contributed by atoms with Crippen molar-refractivity contribution in [1.29, 1.82) is 0 Å². The van der Waals surface area contributed by atoms with Crippen molar-refractivity contribution in [3.63, 3.8) is 0 Å². The molecule has 0 atom stereocenters. The lowest BCUT2D eigenvalue weighted by molar-refractivity contribution is 0.572.